The van der Waals surface area contributed by atoms with Gasteiger partial charge in [-0.1, -0.05) is 18.2 Å². The number of benzene rings is 2. The van der Waals surface area contributed by atoms with Crippen molar-refractivity contribution in [3.05, 3.63) is 65.5 Å². The highest BCUT2D eigenvalue weighted by atomic mass is 16.5. The number of oxazole rings is 1. The number of aryl methyl sites for hydroxylation is 1. The van der Waals surface area contributed by atoms with E-state index in [-0.39, 0.29) is 24.0 Å². The van der Waals surface area contributed by atoms with Crippen LogP contribution in [0.1, 0.15) is 35.7 Å². The van der Waals surface area contributed by atoms with E-state index in [0.717, 1.165) is 5.56 Å². The van der Waals surface area contributed by atoms with Gasteiger partial charge in [0.15, 0.2) is 0 Å². The molecule has 1 aromatic heterocycles. The monoisotopic (exact) mass is 407 g/mol. The van der Waals surface area contributed by atoms with Gasteiger partial charge in [-0.15, -0.1) is 0 Å². The molecule has 2 N–H and O–H groups in total. The molecule has 0 saturated carbocycles. The Kier molecular flexibility index (Phi) is 6.26. The summed E-state index contributed by atoms with van der Waals surface area (Å²) in [7, 11) is 0. The minimum atomic E-state index is -0.627. The number of nitrogens with one attached hydrogen (secondary N) is 2. The molecule has 0 atom stereocenters. The van der Waals surface area contributed by atoms with E-state index in [1.54, 1.807) is 13.0 Å². The van der Waals surface area contributed by atoms with Crippen molar-refractivity contribution in [3.8, 4) is 11.5 Å². The van der Waals surface area contributed by atoms with E-state index in [0.29, 0.717) is 28.7 Å². The van der Waals surface area contributed by atoms with Crippen molar-refractivity contribution in [2.24, 2.45) is 0 Å². The lowest BCUT2D eigenvalue weighted by Crippen LogP contribution is -2.12. The highest BCUT2D eigenvalue weighted by Gasteiger charge is 2.16. The number of amides is 2. The zero-order valence-corrected chi connectivity index (χ0v) is 16.8. The number of anilines is 2. The summed E-state index contributed by atoms with van der Waals surface area (Å²) in [5.41, 5.74) is 2.23. The van der Waals surface area contributed by atoms with E-state index >= 15 is 0 Å². The second-order valence-corrected chi connectivity index (χ2v) is 6.63. The van der Waals surface area contributed by atoms with Crippen LogP contribution >= 0.6 is 0 Å². The minimum absolute atomic E-state index is 0.0825. The fraction of sp³-hybridized carbons (Fsp3) is 0.182. The zero-order chi connectivity index (χ0) is 21.7. The molecule has 154 valence electrons. The molecule has 2 amide bonds. The molecule has 3 aromatic rings. The number of nitrogens with zero attached hydrogens (tertiary/aromatic N) is 1. The van der Waals surface area contributed by atoms with Crippen molar-refractivity contribution in [3.63, 3.8) is 0 Å². The maximum Gasteiger partial charge on any atom is 0.338 e. The van der Waals surface area contributed by atoms with E-state index in [9.17, 15) is 14.4 Å². The molecule has 0 aliphatic rings. The predicted octanol–water partition coefficient (Wildman–Crippen LogP) is 3.92. The van der Waals surface area contributed by atoms with Crippen LogP contribution in [0.5, 0.6) is 0 Å². The molecule has 0 radical (unpaired) electrons. The molecule has 1 heterocycles. The van der Waals surface area contributed by atoms with Crippen molar-refractivity contribution in [1.29, 1.82) is 0 Å². The highest BCUT2D eigenvalue weighted by molar-refractivity contribution is 5.97. The van der Waals surface area contributed by atoms with Gasteiger partial charge in [-0.2, -0.15) is 0 Å². The average Bonchev–Trinajstić information content (AvgIpc) is 3.06. The van der Waals surface area contributed by atoms with E-state index in [1.807, 2.05) is 30.3 Å². The SMILES string of the molecule is CC(=O)Nc1cc(NC(C)=O)cc(C(=O)OCc2nc(-c3ccccc3)oc2C)c1. The fourth-order valence-electron chi connectivity index (χ4n) is 2.78. The number of ether oxygens (including phenoxy) is 1. The van der Waals surface area contributed by atoms with Gasteiger partial charge in [-0.25, -0.2) is 9.78 Å². The van der Waals surface area contributed by atoms with Gasteiger partial charge in [0.1, 0.15) is 18.1 Å². The molecule has 0 fully saturated rings. The number of aromatic nitrogens is 1. The van der Waals surface area contributed by atoms with Crippen molar-refractivity contribution in [1.82, 2.24) is 4.98 Å². The Balaban J connectivity index is 1.76. The first-order chi connectivity index (χ1) is 14.3. The summed E-state index contributed by atoms with van der Waals surface area (Å²) in [6, 6.07) is 13.9. The Hall–Kier alpha value is -3.94. The Morgan fingerprint density at radius 1 is 0.967 bits per heavy atom. The second kappa shape index (κ2) is 9.04. The van der Waals surface area contributed by atoms with Gasteiger partial charge in [0, 0.05) is 30.8 Å². The van der Waals surface area contributed by atoms with E-state index < -0.39 is 5.97 Å². The molecule has 8 nitrogen and oxygen atoms in total. The molecule has 30 heavy (non-hydrogen) atoms. The number of hydrogen-bond acceptors (Lipinski definition) is 6. The normalized spacial score (nSPS) is 10.4. The van der Waals surface area contributed by atoms with Gasteiger partial charge in [0.05, 0.1) is 5.56 Å². The van der Waals surface area contributed by atoms with Crippen LogP contribution in [0.4, 0.5) is 11.4 Å². The molecule has 0 aliphatic heterocycles. The van der Waals surface area contributed by atoms with Gasteiger partial charge in [0.25, 0.3) is 0 Å². The summed E-state index contributed by atoms with van der Waals surface area (Å²) >= 11 is 0. The second-order valence-electron chi connectivity index (χ2n) is 6.63. The smallest absolute Gasteiger partial charge is 0.338 e. The Morgan fingerprint density at radius 2 is 1.57 bits per heavy atom. The first-order valence-corrected chi connectivity index (χ1v) is 9.21. The molecule has 0 unspecified atom stereocenters. The number of carbonyl (C=O) groups is 3. The third-order valence-corrected chi connectivity index (χ3v) is 4.06. The molecule has 8 heteroatoms. The maximum absolute atomic E-state index is 12.6. The highest BCUT2D eigenvalue weighted by Crippen LogP contribution is 2.23. The standard InChI is InChI=1S/C22H21N3O5/c1-13-20(25-21(30-13)16-7-5-4-6-8-16)12-29-22(28)17-9-18(23-14(2)26)11-19(10-17)24-15(3)27/h4-11H,12H2,1-3H3,(H,23,26)(H,24,27). The van der Waals surface area contributed by atoms with E-state index in [1.165, 1.54) is 26.0 Å². The lowest BCUT2D eigenvalue weighted by molar-refractivity contribution is -0.115. The minimum Gasteiger partial charge on any atom is -0.455 e. The lowest BCUT2D eigenvalue weighted by Gasteiger charge is -2.10. The van der Waals surface area contributed by atoms with Gasteiger partial charge in [-0.05, 0) is 37.3 Å². The van der Waals surface area contributed by atoms with Crippen LogP contribution in [0.15, 0.2) is 52.9 Å². The molecule has 0 saturated heterocycles. The molecule has 0 aliphatic carbocycles. The fourth-order valence-corrected chi connectivity index (χ4v) is 2.78. The molecule has 0 spiro atoms. The van der Waals surface area contributed by atoms with Crippen molar-refractivity contribution in [2.45, 2.75) is 27.4 Å². The summed E-state index contributed by atoms with van der Waals surface area (Å²) in [5, 5.41) is 5.19. The van der Waals surface area contributed by atoms with Crippen LogP contribution in [-0.4, -0.2) is 22.8 Å². The predicted molar refractivity (Wildman–Crippen MR) is 111 cm³/mol. The van der Waals surface area contributed by atoms with E-state index in [4.69, 9.17) is 9.15 Å². The van der Waals surface area contributed by atoms with Crippen molar-refractivity contribution in [2.75, 3.05) is 10.6 Å². The summed E-state index contributed by atoms with van der Waals surface area (Å²) in [4.78, 5) is 39.7. The Labute approximate surface area is 173 Å². The third-order valence-electron chi connectivity index (χ3n) is 4.06. The Bertz CT molecular complexity index is 1060. The van der Waals surface area contributed by atoms with Crippen LogP contribution in [0.2, 0.25) is 0 Å². The van der Waals surface area contributed by atoms with Crippen LogP contribution in [0.3, 0.4) is 0 Å². The van der Waals surface area contributed by atoms with E-state index in [2.05, 4.69) is 15.6 Å². The number of esters is 1. The van der Waals surface area contributed by atoms with Gasteiger partial charge >= 0.3 is 5.97 Å². The topological polar surface area (TPSA) is 111 Å². The van der Waals surface area contributed by atoms with Crippen molar-refractivity contribution >= 4 is 29.2 Å². The first kappa shape index (κ1) is 20.8. The number of carbonyl (C=O) groups excluding carboxylic acids is 3. The lowest BCUT2D eigenvalue weighted by atomic mass is 10.1. The first-order valence-electron chi connectivity index (χ1n) is 9.21. The summed E-state index contributed by atoms with van der Waals surface area (Å²) in [6.07, 6.45) is 0. The summed E-state index contributed by atoms with van der Waals surface area (Å²) in [6.45, 7) is 4.36. The van der Waals surface area contributed by atoms with Gasteiger partial charge in [-0.3, -0.25) is 9.59 Å². The zero-order valence-electron chi connectivity index (χ0n) is 16.8. The van der Waals surface area contributed by atoms with Gasteiger partial charge < -0.3 is 19.8 Å². The molecule has 2 aromatic carbocycles. The van der Waals surface area contributed by atoms with Crippen LogP contribution in [-0.2, 0) is 20.9 Å². The van der Waals surface area contributed by atoms with Crippen LogP contribution in [0.25, 0.3) is 11.5 Å². The average molecular weight is 407 g/mol. The summed E-state index contributed by atoms with van der Waals surface area (Å²) < 4.78 is 11.0. The molecule has 0 bridgehead atoms. The molecular weight excluding hydrogens is 386 g/mol. The number of hydrogen-bond donors (Lipinski definition) is 2. The maximum atomic E-state index is 12.6. The number of rotatable bonds is 6. The quantitative estimate of drug-likeness (QED) is 0.599. The van der Waals surface area contributed by atoms with Gasteiger partial charge in [0.2, 0.25) is 17.7 Å². The van der Waals surface area contributed by atoms with Crippen LogP contribution in [0, 0.1) is 6.92 Å². The van der Waals surface area contributed by atoms with Crippen molar-refractivity contribution < 1.29 is 23.5 Å². The Morgan fingerprint density at radius 3 is 2.13 bits per heavy atom. The molecular formula is C22H21N3O5. The van der Waals surface area contributed by atoms with Crippen LogP contribution < -0.4 is 10.6 Å². The largest absolute Gasteiger partial charge is 0.455 e. The third kappa shape index (κ3) is 5.32. The molecule has 3 rings (SSSR count). The summed E-state index contributed by atoms with van der Waals surface area (Å²) in [5.74, 6) is -0.244.